The molecule has 1 aliphatic rings. The van der Waals surface area contributed by atoms with Crippen LogP contribution in [0.15, 0.2) is 49.2 Å². The van der Waals surface area contributed by atoms with Crippen LogP contribution in [0.2, 0.25) is 0 Å². The summed E-state index contributed by atoms with van der Waals surface area (Å²) in [4.78, 5) is 19.3. The second-order valence-corrected chi connectivity index (χ2v) is 7.52. The first-order valence-corrected chi connectivity index (χ1v) is 9.76. The molecule has 6 heteroatoms. The Morgan fingerprint density at radius 3 is 2.14 bits per heavy atom. The molecule has 3 aromatic heterocycles. The summed E-state index contributed by atoms with van der Waals surface area (Å²) in [6.07, 6.45) is 9.61. The quantitative estimate of drug-likeness (QED) is 0.708. The summed E-state index contributed by atoms with van der Waals surface area (Å²) in [6, 6.07) is 8.32. The molecule has 0 spiro atoms. The number of pyridine rings is 2. The predicted molar refractivity (Wildman–Crippen MR) is 109 cm³/mol. The fraction of sp³-hybridized carbons (Fsp3) is 0.364. The van der Waals surface area contributed by atoms with Gasteiger partial charge in [0, 0.05) is 55.8 Å². The maximum atomic E-state index is 8.55. The van der Waals surface area contributed by atoms with Gasteiger partial charge in [-0.05, 0) is 37.1 Å². The number of imidazole rings is 1. The minimum absolute atomic E-state index is 0.0803. The van der Waals surface area contributed by atoms with Crippen molar-refractivity contribution in [3.05, 3.63) is 77.4 Å². The second kappa shape index (κ2) is 8.02. The van der Waals surface area contributed by atoms with Gasteiger partial charge in [-0.15, -0.1) is 0 Å². The van der Waals surface area contributed by atoms with Gasteiger partial charge in [-0.3, -0.25) is 14.9 Å². The first kappa shape index (κ1) is 18.5. The van der Waals surface area contributed by atoms with E-state index >= 15 is 0 Å². The van der Waals surface area contributed by atoms with Gasteiger partial charge in [0.25, 0.3) is 0 Å². The number of hydrogen-bond acceptors (Lipinski definition) is 5. The van der Waals surface area contributed by atoms with Gasteiger partial charge in [-0.25, -0.2) is 4.98 Å². The number of rotatable bonds is 5. The molecule has 0 aliphatic carbocycles. The highest BCUT2D eigenvalue weighted by Crippen LogP contribution is 2.40. The third-order valence-corrected chi connectivity index (χ3v) is 5.61. The van der Waals surface area contributed by atoms with Crippen molar-refractivity contribution >= 4 is 5.71 Å². The highest BCUT2D eigenvalue weighted by atomic mass is 15.2. The SMILES string of the molecule is Cc1cccnc1C1CC(=N)CC(c2ncccc2C)N1CCc1cnc[nH]1. The van der Waals surface area contributed by atoms with E-state index in [9.17, 15) is 0 Å². The van der Waals surface area contributed by atoms with E-state index < -0.39 is 0 Å². The molecular formula is C22H26N6. The highest BCUT2D eigenvalue weighted by Gasteiger charge is 2.37. The minimum atomic E-state index is 0.0803. The lowest BCUT2D eigenvalue weighted by molar-refractivity contribution is 0.118. The maximum absolute atomic E-state index is 8.55. The van der Waals surface area contributed by atoms with E-state index in [2.05, 4.69) is 40.8 Å². The molecule has 0 aromatic carbocycles. The molecule has 28 heavy (non-hydrogen) atoms. The van der Waals surface area contributed by atoms with Crippen LogP contribution in [0.4, 0.5) is 0 Å². The molecule has 0 radical (unpaired) electrons. The summed E-state index contributed by atoms with van der Waals surface area (Å²) in [7, 11) is 0. The summed E-state index contributed by atoms with van der Waals surface area (Å²) in [5, 5.41) is 8.55. The summed E-state index contributed by atoms with van der Waals surface area (Å²) in [5.74, 6) is 0. The number of piperidine rings is 1. The first-order valence-electron chi connectivity index (χ1n) is 9.76. The Labute approximate surface area is 165 Å². The smallest absolute Gasteiger partial charge is 0.0921 e. The summed E-state index contributed by atoms with van der Waals surface area (Å²) >= 11 is 0. The van der Waals surface area contributed by atoms with Crippen molar-refractivity contribution in [2.75, 3.05) is 6.54 Å². The molecule has 2 N–H and O–H groups in total. The van der Waals surface area contributed by atoms with E-state index in [4.69, 9.17) is 15.4 Å². The normalized spacial score (nSPS) is 20.4. The van der Waals surface area contributed by atoms with E-state index in [1.54, 1.807) is 6.33 Å². The zero-order valence-corrected chi connectivity index (χ0v) is 16.4. The maximum Gasteiger partial charge on any atom is 0.0921 e. The Balaban J connectivity index is 1.73. The average molecular weight is 374 g/mol. The summed E-state index contributed by atoms with van der Waals surface area (Å²) in [5.41, 5.74) is 6.36. The number of nitrogens with zero attached hydrogens (tertiary/aromatic N) is 4. The average Bonchev–Trinajstić information content (AvgIpc) is 3.21. The number of hydrogen-bond donors (Lipinski definition) is 2. The van der Waals surface area contributed by atoms with Crippen molar-refractivity contribution in [3.8, 4) is 0 Å². The van der Waals surface area contributed by atoms with Gasteiger partial charge in [0.2, 0.25) is 0 Å². The topological polar surface area (TPSA) is 81.6 Å². The van der Waals surface area contributed by atoms with Crippen LogP contribution in [0.5, 0.6) is 0 Å². The number of H-pyrrole nitrogens is 1. The predicted octanol–water partition coefficient (Wildman–Crippen LogP) is 3.96. The van der Waals surface area contributed by atoms with Gasteiger partial charge in [-0.2, -0.15) is 0 Å². The van der Waals surface area contributed by atoms with Crippen LogP contribution < -0.4 is 0 Å². The molecule has 1 aliphatic heterocycles. The van der Waals surface area contributed by atoms with Gasteiger partial charge in [0.15, 0.2) is 0 Å². The fourth-order valence-electron chi connectivity index (χ4n) is 4.19. The van der Waals surface area contributed by atoms with Gasteiger partial charge in [0.05, 0.1) is 29.8 Å². The zero-order valence-electron chi connectivity index (χ0n) is 16.4. The van der Waals surface area contributed by atoms with E-state index in [0.29, 0.717) is 12.8 Å². The molecule has 0 amide bonds. The number of aryl methyl sites for hydroxylation is 2. The van der Waals surface area contributed by atoms with E-state index in [-0.39, 0.29) is 12.1 Å². The van der Waals surface area contributed by atoms with Crippen LogP contribution in [0.3, 0.4) is 0 Å². The van der Waals surface area contributed by atoms with Crippen molar-refractivity contribution in [2.45, 2.75) is 45.2 Å². The molecule has 0 saturated carbocycles. The van der Waals surface area contributed by atoms with Crippen LogP contribution in [0.1, 0.15) is 53.1 Å². The minimum Gasteiger partial charge on any atom is -0.348 e. The van der Waals surface area contributed by atoms with Crippen molar-refractivity contribution in [1.82, 2.24) is 24.8 Å². The third kappa shape index (κ3) is 3.73. The Hall–Kier alpha value is -2.86. The Kier molecular flexibility index (Phi) is 5.30. The van der Waals surface area contributed by atoms with Crippen LogP contribution >= 0.6 is 0 Å². The van der Waals surface area contributed by atoms with Crippen molar-refractivity contribution in [1.29, 1.82) is 5.41 Å². The molecule has 0 bridgehead atoms. The van der Waals surface area contributed by atoms with Crippen LogP contribution in [0, 0.1) is 19.3 Å². The monoisotopic (exact) mass is 374 g/mol. The van der Waals surface area contributed by atoms with Crippen LogP contribution in [0.25, 0.3) is 0 Å². The molecule has 6 nitrogen and oxygen atoms in total. The molecule has 4 rings (SSSR count). The zero-order chi connectivity index (χ0) is 19.5. The Morgan fingerprint density at radius 1 is 1.04 bits per heavy atom. The Morgan fingerprint density at radius 2 is 1.64 bits per heavy atom. The van der Waals surface area contributed by atoms with Gasteiger partial charge in [-0.1, -0.05) is 12.1 Å². The number of likely N-dealkylation sites (tertiary alicyclic amines) is 1. The lowest BCUT2D eigenvalue weighted by Crippen LogP contribution is -2.42. The van der Waals surface area contributed by atoms with Gasteiger partial charge < -0.3 is 10.4 Å². The van der Waals surface area contributed by atoms with Crippen molar-refractivity contribution in [3.63, 3.8) is 0 Å². The van der Waals surface area contributed by atoms with Crippen molar-refractivity contribution in [2.24, 2.45) is 0 Å². The van der Waals surface area contributed by atoms with Crippen molar-refractivity contribution < 1.29 is 0 Å². The first-order chi connectivity index (χ1) is 13.6. The van der Waals surface area contributed by atoms with E-state index in [0.717, 1.165) is 35.8 Å². The van der Waals surface area contributed by atoms with E-state index in [1.807, 2.05) is 30.7 Å². The van der Waals surface area contributed by atoms with Gasteiger partial charge in [0.1, 0.15) is 0 Å². The van der Waals surface area contributed by atoms with Crippen LogP contribution in [-0.4, -0.2) is 37.1 Å². The summed E-state index contributed by atoms with van der Waals surface area (Å²) in [6.45, 7) is 5.07. The molecule has 144 valence electrons. The number of aromatic nitrogens is 4. The molecule has 4 heterocycles. The second-order valence-electron chi connectivity index (χ2n) is 7.52. The Bertz CT molecular complexity index is 892. The molecule has 1 saturated heterocycles. The third-order valence-electron chi connectivity index (χ3n) is 5.61. The van der Waals surface area contributed by atoms with E-state index in [1.165, 1.54) is 11.1 Å². The molecule has 2 atom stereocenters. The lowest BCUT2D eigenvalue weighted by Gasteiger charge is -2.42. The number of nitrogens with one attached hydrogen (secondary N) is 2. The molecule has 2 unspecified atom stereocenters. The summed E-state index contributed by atoms with van der Waals surface area (Å²) < 4.78 is 0. The highest BCUT2D eigenvalue weighted by molar-refractivity contribution is 5.83. The van der Waals surface area contributed by atoms with Crippen LogP contribution in [-0.2, 0) is 6.42 Å². The fourth-order valence-corrected chi connectivity index (χ4v) is 4.19. The lowest BCUT2D eigenvalue weighted by atomic mass is 9.87. The molecule has 1 fully saturated rings. The van der Waals surface area contributed by atoms with Gasteiger partial charge >= 0.3 is 0 Å². The standard InChI is InChI=1S/C22H26N6/c1-15-5-3-8-25-21(15)19-11-17(23)12-20(22-16(2)6-4-9-26-22)28(19)10-7-18-13-24-14-27-18/h3-6,8-9,13-14,19-20,23H,7,10-12H2,1-2H3,(H,24,27). The molecular weight excluding hydrogens is 348 g/mol. The number of aromatic amines is 1. The molecule has 3 aromatic rings. The largest absolute Gasteiger partial charge is 0.348 e.